The third-order valence-corrected chi connectivity index (χ3v) is 5.48. The van der Waals surface area contributed by atoms with Crippen LogP contribution in [0.2, 0.25) is 5.02 Å². The lowest BCUT2D eigenvalue weighted by molar-refractivity contribution is -0.121. The van der Waals surface area contributed by atoms with Gasteiger partial charge in [0.25, 0.3) is 0 Å². The van der Waals surface area contributed by atoms with Crippen LogP contribution in [0.15, 0.2) is 24.3 Å². The number of hydrogen-bond acceptors (Lipinski definition) is 3. The molecule has 0 aromatic heterocycles. The van der Waals surface area contributed by atoms with Crippen LogP contribution in [0.4, 0.5) is 0 Å². The zero-order valence-electron chi connectivity index (χ0n) is 15.1. The van der Waals surface area contributed by atoms with Gasteiger partial charge in [0.15, 0.2) is 0 Å². The van der Waals surface area contributed by atoms with E-state index in [1.165, 1.54) is 24.8 Å². The molecule has 2 N–H and O–H groups in total. The first kappa shape index (κ1) is 23.5. The van der Waals surface area contributed by atoms with Gasteiger partial charge in [0.05, 0.1) is 6.04 Å². The number of carbonyl (C=O) groups excluding carboxylic acids is 1. The average molecular weight is 423 g/mol. The summed E-state index contributed by atoms with van der Waals surface area (Å²) >= 11 is 6.17. The van der Waals surface area contributed by atoms with Gasteiger partial charge in [0.1, 0.15) is 0 Å². The molecular weight excluding hydrogens is 393 g/mol. The van der Waals surface area contributed by atoms with E-state index in [0.29, 0.717) is 18.9 Å². The number of carbonyl (C=O) groups is 1. The van der Waals surface area contributed by atoms with Gasteiger partial charge in [0.2, 0.25) is 5.91 Å². The minimum absolute atomic E-state index is 0. The van der Waals surface area contributed by atoms with Crippen molar-refractivity contribution in [2.75, 3.05) is 32.7 Å². The maximum atomic E-state index is 12.2. The van der Waals surface area contributed by atoms with E-state index in [0.717, 1.165) is 37.6 Å². The van der Waals surface area contributed by atoms with Crippen molar-refractivity contribution >= 4 is 42.3 Å². The lowest BCUT2D eigenvalue weighted by Crippen LogP contribution is -2.36. The van der Waals surface area contributed by atoms with Gasteiger partial charge in [-0.1, -0.05) is 23.7 Å². The van der Waals surface area contributed by atoms with Gasteiger partial charge in [-0.3, -0.25) is 9.69 Å². The summed E-state index contributed by atoms with van der Waals surface area (Å²) in [5, 5.41) is 7.28. The Balaban J connectivity index is 0.00000169. The van der Waals surface area contributed by atoms with Crippen LogP contribution in [-0.2, 0) is 4.79 Å². The van der Waals surface area contributed by atoms with Gasteiger partial charge in [0, 0.05) is 18.0 Å². The fraction of sp³-hybridized carbons (Fsp3) is 0.632. The monoisotopic (exact) mass is 421 g/mol. The van der Waals surface area contributed by atoms with Crippen molar-refractivity contribution in [1.82, 2.24) is 15.5 Å². The molecule has 7 heteroatoms. The Morgan fingerprint density at radius 3 is 2.73 bits per heavy atom. The summed E-state index contributed by atoms with van der Waals surface area (Å²) < 4.78 is 0. The number of rotatable bonds is 7. The Kier molecular flexibility index (Phi) is 10.9. The second-order valence-electron chi connectivity index (χ2n) is 7.02. The molecule has 1 amide bonds. The summed E-state index contributed by atoms with van der Waals surface area (Å²) in [6.45, 7) is 5.02. The summed E-state index contributed by atoms with van der Waals surface area (Å²) in [5.74, 6) is 0.839. The Bertz CT molecular complexity index is 547. The van der Waals surface area contributed by atoms with Crippen LogP contribution < -0.4 is 10.6 Å². The van der Waals surface area contributed by atoms with Crippen LogP contribution in [0.3, 0.4) is 0 Å². The molecule has 148 valence electrons. The third-order valence-electron chi connectivity index (χ3n) is 5.25. The number of likely N-dealkylation sites (tertiary alicyclic amines) is 1. The minimum atomic E-state index is 0. The SMILES string of the molecule is Cl.Cl.O=C(CCC1CCNC1)NCC(c1cccc(Cl)c1)N1CCCC1. The molecule has 2 unspecified atom stereocenters. The molecule has 0 spiro atoms. The van der Waals surface area contributed by atoms with E-state index >= 15 is 0 Å². The molecule has 2 atom stereocenters. The molecule has 1 aromatic carbocycles. The van der Waals surface area contributed by atoms with Crippen molar-refractivity contribution in [3.05, 3.63) is 34.9 Å². The molecule has 2 aliphatic heterocycles. The lowest BCUT2D eigenvalue weighted by Gasteiger charge is -2.28. The van der Waals surface area contributed by atoms with E-state index in [9.17, 15) is 4.79 Å². The zero-order valence-corrected chi connectivity index (χ0v) is 17.5. The fourth-order valence-electron chi connectivity index (χ4n) is 3.82. The number of halogens is 3. The highest BCUT2D eigenvalue weighted by Gasteiger charge is 2.24. The van der Waals surface area contributed by atoms with E-state index in [4.69, 9.17) is 11.6 Å². The molecule has 2 saturated heterocycles. The van der Waals surface area contributed by atoms with Gasteiger partial charge in [-0.2, -0.15) is 0 Å². The number of hydrogen-bond donors (Lipinski definition) is 2. The molecule has 0 aliphatic carbocycles. The zero-order chi connectivity index (χ0) is 16.8. The van der Waals surface area contributed by atoms with E-state index < -0.39 is 0 Å². The standard InChI is InChI=1S/C19H28ClN3O.2ClH/c20-17-5-3-4-16(12-17)18(23-10-1-2-11-23)14-22-19(24)7-6-15-8-9-21-13-15;;/h3-5,12,15,18,21H,1-2,6-11,13-14H2,(H,22,24);2*1H. The molecular formula is C19H30Cl3N3O. The Labute approximate surface area is 174 Å². The average Bonchev–Trinajstić information content (AvgIpc) is 3.27. The van der Waals surface area contributed by atoms with Gasteiger partial charge in [-0.15, -0.1) is 24.8 Å². The molecule has 2 heterocycles. The molecule has 0 radical (unpaired) electrons. The quantitative estimate of drug-likeness (QED) is 0.702. The number of benzene rings is 1. The van der Waals surface area contributed by atoms with Crippen LogP contribution >= 0.6 is 36.4 Å². The largest absolute Gasteiger partial charge is 0.354 e. The van der Waals surface area contributed by atoms with E-state index in [1.807, 2.05) is 18.2 Å². The number of nitrogens with one attached hydrogen (secondary N) is 2. The molecule has 2 aliphatic rings. The lowest BCUT2D eigenvalue weighted by atomic mass is 10.0. The fourth-order valence-corrected chi connectivity index (χ4v) is 4.02. The molecule has 26 heavy (non-hydrogen) atoms. The summed E-state index contributed by atoms with van der Waals surface area (Å²) in [4.78, 5) is 14.7. The van der Waals surface area contributed by atoms with Crippen LogP contribution in [0.1, 0.15) is 43.7 Å². The van der Waals surface area contributed by atoms with Crippen LogP contribution in [0.5, 0.6) is 0 Å². The van der Waals surface area contributed by atoms with Crippen molar-refractivity contribution in [3.63, 3.8) is 0 Å². The molecule has 2 fully saturated rings. The smallest absolute Gasteiger partial charge is 0.220 e. The van der Waals surface area contributed by atoms with Gasteiger partial charge < -0.3 is 10.6 Å². The first-order valence-corrected chi connectivity index (χ1v) is 9.57. The van der Waals surface area contributed by atoms with Gasteiger partial charge in [-0.05, 0) is 75.5 Å². The summed E-state index contributed by atoms with van der Waals surface area (Å²) in [7, 11) is 0. The highest BCUT2D eigenvalue weighted by atomic mass is 35.5. The number of nitrogens with zero attached hydrogens (tertiary/aromatic N) is 1. The predicted octanol–water partition coefficient (Wildman–Crippen LogP) is 3.83. The number of amides is 1. The maximum Gasteiger partial charge on any atom is 0.220 e. The molecule has 4 nitrogen and oxygen atoms in total. The van der Waals surface area contributed by atoms with E-state index in [-0.39, 0.29) is 36.8 Å². The molecule has 0 saturated carbocycles. The van der Waals surface area contributed by atoms with Gasteiger partial charge in [-0.25, -0.2) is 0 Å². The topological polar surface area (TPSA) is 44.4 Å². The van der Waals surface area contributed by atoms with Crippen molar-refractivity contribution in [2.24, 2.45) is 5.92 Å². The summed E-state index contributed by atoms with van der Waals surface area (Å²) in [6, 6.07) is 8.27. The highest BCUT2D eigenvalue weighted by molar-refractivity contribution is 6.30. The maximum absolute atomic E-state index is 12.2. The predicted molar refractivity (Wildman–Crippen MR) is 113 cm³/mol. The second-order valence-corrected chi connectivity index (χ2v) is 7.45. The molecule has 3 rings (SSSR count). The molecule has 0 bridgehead atoms. The first-order chi connectivity index (χ1) is 11.7. The second kappa shape index (κ2) is 12.0. The highest BCUT2D eigenvalue weighted by Crippen LogP contribution is 2.26. The van der Waals surface area contributed by atoms with Gasteiger partial charge >= 0.3 is 0 Å². The van der Waals surface area contributed by atoms with Crippen molar-refractivity contribution < 1.29 is 4.79 Å². The van der Waals surface area contributed by atoms with Crippen molar-refractivity contribution in [1.29, 1.82) is 0 Å². The Hall–Kier alpha value is -0.520. The Morgan fingerprint density at radius 2 is 2.08 bits per heavy atom. The van der Waals surface area contributed by atoms with Crippen LogP contribution in [0, 0.1) is 5.92 Å². The van der Waals surface area contributed by atoms with E-state index in [1.54, 1.807) is 0 Å². The van der Waals surface area contributed by atoms with Crippen molar-refractivity contribution in [3.8, 4) is 0 Å². The third kappa shape index (κ3) is 6.90. The summed E-state index contributed by atoms with van der Waals surface area (Å²) in [5.41, 5.74) is 1.20. The summed E-state index contributed by atoms with van der Waals surface area (Å²) in [6.07, 6.45) is 5.30. The van der Waals surface area contributed by atoms with Crippen LogP contribution in [0.25, 0.3) is 0 Å². The van der Waals surface area contributed by atoms with Crippen LogP contribution in [-0.4, -0.2) is 43.5 Å². The van der Waals surface area contributed by atoms with Crippen molar-refractivity contribution in [2.45, 2.75) is 38.1 Å². The minimum Gasteiger partial charge on any atom is -0.354 e. The Morgan fingerprint density at radius 1 is 1.31 bits per heavy atom. The first-order valence-electron chi connectivity index (χ1n) is 9.19. The normalized spacial score (nSPS) is 20.9. The van der Waals surface area contributed by atoms with E-state index in [2.05, 4.69) is 21.6 Å². The molecule has 1 aromatic rings.